The third-order valence-electron chi connectivity index (χ3n) is 3.79. The van der Waals surface area contributed by atoms with E-state index in [2.05, 4.69) is 22.2 Å². The Bertz CT molecular complexity index is 369. The van der Waals surface area contributed by atoms with Gasteiger partial charge in [-0.3, -0.25) is 0 Å². The van der Waals surface area contributed by atoms with E-state index in [1.165, 1.54) is 12.8 Å². The van der Waals surface area contributed by atoms with Crippen molar-refractivity contribution >= 4 is 5.82 Å². The van der Waals surface area contributed by atoms with Gasteiger partial charge >= 0.3 is 0 Å². The van der Waals surface area contributed by atoms with Crippen LogP contribution in [0.3, 0.4) is 0 Å². The summed E-state index contributed by atoms with van der Waals surface area (Å²) in [5, 5.41) is 3.53. The summed E-state index contributed by atoms with van der Waals surface area (Å²) < 4.78 is 0. The molecule has 0 aromatic carbocycles. The molecule has 1 heterocycles. The predicted molar refractivity (Wildman–Crippen MR) is 69.8 cm³/mol. The van der Waals surface area contributed by atoms with Crippen molar-refractivity contribution in [3.05, 3.63) is 18.1 Å². The van der Waals surface area contributed by atoms with Crippen LogP contribution in [-0.2, 0) is 0 Å². The molecule has 0 aliphatic heterocycles. The Morgan fingerprint density at radius 3 is 2.76 bits per heavy atom. The summed E-state index contributed by atoms with van der Waals surface area (Å²) in [5.74, 6) is 2.52. The minimum atomic E-state index is 0.0350. The first-order valence-electron chi connectivity index (χ1n) is 6.41. The molecule has 1 aromatic heterocycles. The van der Waals surface area contributed by atoms with Gasteiger partial charge in [0.1, 0.15) is 11.6 Å². The van der Waals surface area contributed by atoms with Crippen molar-refractivity contribution in [2.24, 2.45) is 11.7 Å². The van der Waals surface area contributed by atoms with Crippen LogP contribution in [0.15, 0.2) is 12.3 Å². The lowest BCUT2D eigenvalue weighted by molar-refractivity contribution is 0.271. The van der Waals surface area contributed by atoms with E-state index < -0.39 is 0 Å². The van der Waals surface area contributed by atoms with Crippen LogP contribution in [0.5, 0.6) is 0 Å². The number of aromatic nitrogens is 2. The van der Waals surface area contributed by atoms with Crippen LogP contribution in [0, 0.1) is 12.8 Å². The molecular weight excluding hydrogens is 212 g/mol. The topological polar surface area (TPSA) is 63.8 Å². The van der Waals surface area contributed by atoms with Crippen molar-refractivity contribution in [3.8, 4) is 0 Å². The van der Waals surface area contributed by atoms with Gasteiger partial charge in [0.25, 0.3) is 0 Å². The second-order valence-corrected chi connectivity index (χ2v) is 5.28. The van der Waals surface area contributed by atoms with Crippen molar-refractivity contribution in [1.82, 2.24) is 9.97 Å². The first kappa shape index (κ1) is 12.3. The van der Waals surface area contributed by atoms with E-state index in [0.29, 0.717) is 6.54 Å². The van der Waals surface area contributed by atoms with E-state index in [1.54, 1.807) is 6.20 Å². The number of nitrogens with one attached hydrogen (secondary N) is 1. The molecule has 1 saturated carbocycles. The van der Waals surface area contributed by atoms with Crippen molar-refractivity contribution in [1.29, 1.82) is 0 Å². The zero-order chi connectivity index (χ0) is 12.3. The average Bonchev–Trinajstić information content (AvgIpc) is 2.33. The lowest BCUT2D eigenvalue weighted by atomic mass is 9.77. The van der Waals surface area contributed by atoms with Gasteiger partial charge in [-0.25, -0.2) is 9.97 Å². The van der Waals surface area contributed by atoms with Crippen molar-refractivity contribution in [2.45, 2.75) is 45.1 Å². The lowest BCUT2D eigenvalue weighted by Crippen LogP contribution is -2.48. The maximum atomic E-state index is 5.96. The smallest absolute Gasteiger partial charge is 0.130 e. The SMILES string of the molecule is Cc1nccc(NC2(CN)CCC(C)CC2)n1. The average molecular weight is 234 g/mol. The predicted octanol–water partition coefficient (Wildman–Crippen LogP) is 2.10. The molecule has 0 amide bonds. The zero-order valence-electron chi connectivity index (χ0n) is 10.7. The molecule has 94 valence electrons. The van der Waals surface area contributed by atoms with Crippen LogP contribution in [0.2, 0.25) is 0 Å². The first-order chi connectivity index (χ1) is 8.13. The maximum absolute atomic E-state index is 5.96. The molecule has 1 aromatic rings. The fraction of sp³-hybridized carbons (Fsp3) is 0.692. The van der Waals surface area contributed by atoms with Crippen molar-refractivity contribution in [3.63, 3.8) is 0 Å². The van der Waals surface area contributed by atoms with Crippen molar-refractivity contribution in [2.75, 3.05) is 11.9 Å². The van der Waals surface area contributed by atoms with Gasteiger partial charge in [-0.05, 0) is 44.6 Å². The molecule has 4 nitrogen and oxygen atoms in total. The minimum absolute atomic E-state index is 0.0350. The molecule has 1 fully saturated rings. The summed E-state index contributed by atoms with van der Waals surface area (Å²) in [6, 6.07) is 1.92. The number of hydrogen-bond donors (Lipinski definition) is 2. The Hall–Kier alpha value is -1.16. The summed E-state index contributed by atoms with van der Waals surface area (Å²) >= 11 is 0. The van der Waals surface area contributed by atoms with E-state index in [1.807, 2.05) is 13.0 Å². The second kappa shape index (κ2) is 5.00. The Balaban J connectivity index is 2.09. The van der Waals surface area contributed by atoms with Crippen LogP contribution in [0.1, 0.15) is 38.4 Å². The van der Waals surface area contributed by atoms with Crippen LogP contribution >= 0.6 is 0 Å². The van der Waals surface area contributed by atoms with Crippen LogP contribution in [0.25, 0.3) is 0 Å². The highest BCUT2D eigenvalue weighted by molar-refractivity contribution is 5.37. The normalized spacial score (nSPS) is 29.0. The van der Waals surface area contributed by atoms with Gasteiger partial charge < -0.3 is 11.1 Å². The molecule has 0 spiro atoms. The maximum Gasteiger partial charge on any atom is 0.130 e. The molecule has 0 atom stereocenters. The molecule has 0 bridgehead atoms. The van der Waals surface area contributed by atoms with Gasteiger partial charge in [-0.15, -0.1) is 0 Å². The van der Waals surface area contributed by atoms with Crippen LogP contribution in [-0.4, -0.2) is 22.1 Å². The van der Waals surface area contributed by atoms with Gasteiger partial charge in [0.2, 0.25) is 0 Å². The summed E-state index contributed by atoms with van der Waals surface area (Å²) in [6.07, 6.45) is 6.55. The third-order valence-corrected chi connectivity index (χ3v) is 3.79. The number of nitrogens with zero attached hydrogens (tertiary/aromatic N) is 2. The summed E-state index contributed by atoms with van der Waals surface area (Å²) in [7, 11) is 0. The number of rotatable bonds is 3. The molecule has 17 heavy (non-hydrogen) atoms. The molecule has 0 saturated heterocycles. The Labute approximate surface area is 103 Å². The van der Waals surface area contributed by atoms with E-state index in [9.17, 15) is 0 Å². The molecule has 0 unspecified atom stereocenters. The first-order valence-corrected chi connectivity index (χ1v) is 6.41. The van der Waals surface area contributed by atoms with E-state index >= 15 is 0 Å². The van der Waals surface area contributed by atoms with E-state index in [4.69, 9.17) is 5.73 Å². The summed E-state index contributed by atoms with van der Waals surface area (Å²) in [5.41, 5.74) is 6.00. The standard InChI is InChI=1S/C13H22N4/c1-10-3-6-13(9-14,7-4-10)17-12-5-8-15-11(2)16-12/h5,8,10H,3-4,6-7,9,14H2,1-2H3,(H,15,16,17). The molecule has 3 N–H and O–H groups in total. The fourth-order valence-corrected chi connectivity index (χ4v) is 2.49. The zero-order valence-corrected chi connectivity index (χ0v) is 10.7. The van der Waals surface area contributed by atoms with Gasteiger partial charge in [-0.1, -0.05) is 6.92 Å². The Morgan fingerprint density at radius 2 is 2.18 bits per heavy atom. The van der Waals surface area contributed by atoms with Crippen LogP contribution in [0.4, 0.5) is 5.82 Å². The second-order valence-electron chi connectivity index (χ2n) is 5.28. The molecule has 0 radical (unpaired) electrons. The largest absolute Gasteiger partial charge is 0.363 e. The number of hydrogen-bond acceptors (Lipinski definition) is 4. The highest BCUT2D eigenvalue weighted by Crippen LogP contribution is 2.33. The highest BCUT2D eigenvalue weighted by atomic mass is 15.1. The van der Waals surface area contributed by atoms with Gasteiger partial charge in [0.05, 0.1) is 5.54 Å². The van der Waals surface area contributed by atoms with Gasteiger partial charge in [-0.2, -0.15) is 0 Å². The molecule has 1 aliphatic rings. The minimum Gasteiger partial charge on any atom is -0.363 e. The third kappa shape index (κ3) is 2.94. The molecule has 4 heteroatoms. The summed E-state index contributed by atoms with van der Waals surface area (Å²) in [6.45, 7) is 4.89. The lowest BCUT2D eigenvalue weighted by Gasteiger charge is -2.39. The van der Waals surface area contributed by atoms with Crippen LogP contribution < -0.4 is 11.1 Å². The van der Waals surface area contributed by atoms with Crippen molar-refractivity contribution < 1.29 is 0 Å². The van der Waals surface area contributed by atoms with E-state index in [0.717, 1.165) is 30.4 Å². The van der Waals surface area contributed by atoms with Gasteiger partial charge in [0, 0.05) is 12.7 Å². The quantitative estimate of drug-likeness (QED) is 0.840. The Morgan fingerprint density at radius 1 is 1.47 bits per heavy atom. The van der Waals surface area contributed by atoms with Gasteiger partial charge in [0.15, 0.2) is 0 Å². The highest BCUT2D eigenvalue weighted by Gasteiger charge is 2.33. The molecular formula is C13H22N4. The van der Waals surface area contributed by atoms with E-state index in [-0.39, 0.29) is 5.54 Å². The monoisotopic (exact) mass is 234 g/mol. The molecule has 2 rings (SSSR count). The summed E-state index contributed by atoms with van der Waals surface area (Å²) in [4.78, 5) is 8.51. The Kier molecular flexibility index (Phi) is 3.62. The number of nitrogens with two attached hydrogens (primary N) is 1. The number of aryl methyl sites for hydroxylation is 1. The number of anilines is 1. The molecule has 1 aliphatic carbocycles. The fourth-order valence-electron chi connectivity index (χ4n) is 2.49.